The second-order valence-corrected chi connectivity index (χ2v) is 8.63. The van der Waals surface area contributed by atoms with Crippen LogP contribution in [-0.4, -0.2) is 24.5 Å². The van der Waals surface area contributed by atoms with Crippen molar-refractivity contribution in [2.75, 3.05) is 6.54 Å². The molecule has 3 fully saturated rings. The van der Waals surface area contributed by atoms with E-state index in [1.807, 2.05) is 0 Å². The summed E-state index contributed by atoms with van der Waals surface area (Å²) < 4.78 is 0. The molecule has 3 saturated carbocycles. The van der Waals surface area contributed by atoms with Crippen LogP contribution in [0.1, 0.15) is 72.1 Å². The third kappa shape index (κ3) is 2.86. The van der Waals surface area contributed by atoms with Gasteiger partial charge in [0.25, 0.3) is 0 Å². The molecule has 0 aromatic carbocycles. The lowest BCUT2D eigenvalue weighted by Gasteiger charge is -2.43. The molecule has 2 bridgehead atoms. The van der Waals surface area contributed by atoms with E-state index in [1.54, 1.807) is 0 Å². The predicted molar refractivity (Wildman–Crippen MR) is 86.0 cm³/mol. The highest BCUT2D eigenvalue weighted by Crippen LogP contribution is 2.62. The number of rotatable bonds is 4. The second kappa shape index (κ2) is 5.57. The number of carbonyl (C=O) groups excluding carboxylic acids is 1. The second-order valence-electron chi connectivity index (χ2n) is 8.63. The molecule has 120 valence electrons. The average molecular weight is 292 g/mol. The summed E-state index contributed by atoms with van der Waals surface area (Å²) >= 11 is 0. The summed E-state index contributed by atoms with van der Waals surface area (Å²) in [4.78, 5) is 12.2. The topological polar surface area (TPSA) is 41.1 Å². The Balaban J connectivity index is 1.51. The highest BCUT2D eigenvalue weighted by molar-refractivity contribution is 5.78. The fourth-order valence-electron chi connectivity index (χ4n) is 5.53. The van der Waals surface area contributed by atoms with Crippen LogP contribution in [0.2, 0.25) is 0 Å². The first-order chi connectivity index (χ1) is 9.92. The number of amides is 1. The smallest absolute Gasteiger partial charge is 0.234 e. The molecule has 3 heteroatoms. The molecular formula is C18H32N2O. The number of fused-ring (bicyclic) bond motifs is 2. The van der Waals surface area contributed by atoms with Gasteiger partial charge in [0.2, 0.25) is 5.91 Å². The summed E-state index contributed by atoms with van der Waals surface area (Å²) in [5, 5.41) is 6.85. The molecule has 0 radical (unpaired) electrons. The summed E-state index contributed by atoms with van der Waals surface area (Å²) in [6.07, 6.45) is 10.2. The zero-order chi connectivity index (χ0) is 15.1. The van der Waals surface area contributed by atoms with Crippen LogP contribution in [0.25, 0.3) is 0 Å². The quantitative estimate of drug-likeness (QED) is 0.835. The molecule has 0 saturated heterocycles. The molecule has 0 heterocycles. The molecule has 3 aliphatic rings. The molecule has 0 spiro atoms. The SMILES string of the molecule is CC12CCC(C1)C(C)(C)C2NCC(=O)NC1CCCCC1. The van der Waals surface area contributed by atoms with Crippen LogP contribution >= 0.6 is 0 Å². The number of nitrogens with one attached hydrogen (secondary N) is 2. The minimum atomic E-state index is 0.198. The molecular weight excluding hydrogens is 260 g/mol. The summed E-state index contributed by atoms with van der Waals surface area (Å²) in [7, 11) is 0. The van der Waals surface area contributed by atoms with Gasteiger partial charge >= 0.3 is 0 Å². The van der Waals surface area contributed by atoms with Gasteiger partial charge in [-0.3, -0.25) is 4.79 Å². The molecule has 0 aromatic rings. The monoisotopic (exact) mass is 292 g/mol. The summed E-state index contributed by atoms with van der Waals surface area (Å²) in [6.45, 7) is 7.68. The van der Waals surface area contributed by atoms with Gasteiger partial charge < -0.3 is 10.6 Å². The zero-order valence-electron chi connectivity index (χ0n) is 14.0. The van der Waals surface area contributed by atoms with Gasteiger partial charge in [-0.05, 0) is 48.9 Å². The largest absolute Gasteiger partial charge is 0.352 e. The normalized spacial score (nSPS) is 38.6. The minimum absolute atomic E-state index is 0.198. The lowest BCUT2D eigenvalue weighted by atomic mass is 9.68. The van der Waals surface area contributed by atoms with Crippen molar-refractivity contribution >= 4 is 5.91 Å². The number of carbonyl (C=O) groups is 1. The van der Waals surface area contributed by atoms with E-state index in [0.717, 1.165) is 5.92 Å². The Bertz CT molecular complexity index is 395. The van der Waals surface area contributed by atoms with Gasteiger partial charge in [-0.25, -0.2) is 0 Å². The van der Waals surface area contributed by atoms with E-state index in [0.29, 0.717) is 29.5 Å². The van der Waals surface area contributed by atoms with Gasteiger partial charge in [-0.2, -0.15) is 0 Å². The lowest BCUT2D eigenvalue weighted by molar-refractivity contribution is -0.121. The van der Waals surface area contributed by atoms with Gasteiger partial charge in [0.1, 0.15) is 0 Å². The third-order valence-corrected chi connectivity index (χ3v) is 6.71. The molecule has 3 nitrogen and oxygen atoms in total. The Morgan fingerprint density at radius 1 is 1.10 bits per heavy atom. The fraction of sp³-hybridized carbons (Fsp3) is 0.944. The van der Waals surface area contributed by atoms with Gasteiger partial charge in [0.05, 0.1) is 6.54 Å². The van der Waals surface area contributed by atoms with Crippen molar-refractivity contribution in [3.05, 3.63) is 0 Å². The van der Waals surface area contributed by atoms with E-state index in [1.165, 1.54) is 51.4 Å². The standard InChI is InChI=1S/C18H32N2O/c1-17(2)13-9-10-18(3,11-13)16(17)19-12-15(21)20-14-7-5-4-6-8-14/h13-14,16,19H,4-12H2,1-3H3,(H,20,21). The molecule has 3 unspecified atom stereocenters. The van der Waals surface area contributed by atoms with Crippen molar-refractivity contribution in [2.45, 2.75) is 84.2 Å². The average Bonchev–Trinajstić information content (AvgIpc) is 2.90. The van der Waals surface area contributed by atoms with E-state index in [-0.39, 0.29) is 5.91 Å². The van der Waals surface area contributed by atoms with Gasteiger partial charge in [0, 0.05) is 12.1 Å². The molecule has 1 amide bonds. The fourth-order valence-corrected chi connectivity index (χ4v) is 5.53. The van der Waals surface area contributed by atoms with Crippen molar-refractivity contribution in [2.24, 2.45) is 16.7 Å². The Morgan fingerprint density at radius 3 is 2.43 bits per heavy atom. The molecule has 0 aromatic heterocycles. The van der Waals surface area contributed by atoms with Crippen LogP contribution in [0.4, 0.5) is 0 Å². The number of hydrogen-bond acceptors (Lipinski definition) is 2. The predicted octanol–water partition coefficient (Wildman–Crippen LogP) is 3.24. The summed E-state index contributed by atoms with van der Waals surface area (Å²) in [5.74, 6) is 1.03. The van der Waals surface area contributed by atoms with Gasteiger partial charge in [0.15, 0.2) is 0 Å². The van der Waals surface area contributed by atoms with Crippen molar-refractivity contribution in [1.29, 1.82) is 0 Å². The van der Waals surface area contributed by atoms with E-state index >= 15 is 0 Å². The maximum atomic E-state index is 12.2. The van der Waals surface area contributed by atoms with Crippen LogP contribution in [0.5, 0.6) is 0 Å². The lowest BCUT2D eigenvalue weighted by Crippen LogP contribution is -2.53. The highest BCUT2D eigenvalue weighted by Gasteiger charge is 2.58. The molecule has 2 N–H and O–H groups in total. The minimum Gasteiger partial charge on any atom is -0.352 e. The van der Waals surface area contributed by atoms with Crippen LogP contribution < -0.4 is 10.6 Å². The first-order valence-electron chi connectivity index (χ1n) is 8.94. The Labute approximate surface area is 129 Å². The molecule has 3 rings (SSSR count). The molecule has 21 heavy (non-hydrogen) atoms. The van der Waals surface area contributed by atoms with Crippen molar-refractivity contribution < 1.29 is 4.79 Å². The van der Waals surface area contributed by atoms with Crippen LogP contribution in [-0.2, 0) is 4.79 Å². The van der Waals surface area contributed by atoms with Gasteiger partial charge in [-0.1, -0.05) is 40.0 Å². The zero-order valence-corrected chi connectivity index (χ0v) is 14.0. The van der Waals surface area contributed by atoms with E-state index in [9.17, 15) is 4.79 Å². The van der Waals surface area contributed by atoms with E-state index in [4.69, 9.17) is 0 Å². The highest BCUT2D eigenvalue weighted by atomic mass is 16.2. The van der Waals surface area contributed by atoms with Crippen LogP contribution in [0, 0.1) is 16.7 Å². The third-order valence-electron chi connectivity index (χ3n) is 6.71. The van der Waals surface area contributed by atoms with Crippen molar-refractivity contribution in [3.8, 4) is 0 Å². The Morgan fingerprint density at radius 2 is 1.81 bits per heavy atom. The van der Waals surface area contributed by atoms with Crippen LogP contribution in [0.3, 0.4) is 0 Å². The Kier molecular flexibility index (Phi) is 4.06. The maximum Gasteiger partial charge on any atom is 0.234 e. The van der Waals surface area contributed by atoms with Gasteiger partial charge in [-0.15, -0.1) is 0 Å². The first-order valence-corrected chi connectivity index (χ1v) is 8.94. The van der Waals surface area contributed by atoms with Crippen molar-refractivity contribution in [1.82, 2.24) is 10.6 Å². The maximum absolute atomic E-state index is 12.2. The van der Waals surface area contributed by atoms with Crippen LogP contribution in [0.15, 0.2) is 0 Å². The van der Waals surface area contributed by atoms with E-state index in [2.05, 4.69) is 31.4 Å². The Hall–Kier alpha value is -0.570. The molecule has 0 aliphatic heterocycles. The molecule has 3 aliphatic carbocycles. The van der Waals surface area contributed by atoms with Crippen molar-refractivity contribution in [3.63, 3.8) is 0 Å². The molecule has 3 atom stereocenters. The summed E-state index contributed by atoms with van der Waals surface area (Å²) in [5.41, 5.74) is 0.734. The first kappa shape index (κ1) is 15.3. The summed E-state index contributed by atoms with van der Waals surface area (Å²) in [6, 6.07) is 0.914. The number of hydrogen-bond donors (Lipinski definition) is 2. The van der Waals surface area contributed by atoms with E-state index < -0.39 is 0 Å².